The van der Waals surface area contributed by atoms with Crippen molar-refractivity contribution in [2.24, 2.45) is 5.92 Å². The molecule has 3 rings (SSSR count). The maximum absolute atomic E-state index is 12.6. The highest BCUT2D eigenvalue weighted by atomic mass is 16.5. The van der Waals surface area contributed by atoms with E-state index >= 15 is 0 Å². The van der Waals surface area contributed by atoms with E-state index in [1.54, 1.807) is 18.2 Å². The lowest BCUT2D eigenvalue weighted by Crippen LogP contribution is -2.44. The summed E-state index contributed by atoms with van der Waals surface area (Å²) >= 11 is 0. The molecule has 1 fully saturated rings. The predicted molar refractivity (Wildman–Crippen MR) is 85.0 cm³/mol. The Morgan fingerprint density at radius 3 is 2.46 bits per heavy atom. The first-order valence-corrected chi connectivity index (χ1v) is 7.48. The van der Waals surface area contributed by atoms with E-state index in [0.717, 1.165) is 0 Å². The van der Waals surface area contributed by atoms with E-state index in [2.05, 4.69) is 4.74 Å². The lowest BCUT2D eigenvalue weighted by atomic mass is 10.2. The Labute approximate surface area is 137 Å². The van der Waals surface area contributed by atoms with Crippen molar-refractivity contribution in [3.63, 3.8) is 0 Å². The monoisotopic (exact) mass is 328 g/mol. The fourth-order valence-electron chi connectivity index (χ4n) is 2.72. The van der Waals surface area contributed by atoms with Crippen LogP contribution in [-0.4, -0.2) is 28.1 Å². The number of hydrogen-bond acceptors (Lipinski definition) is 5. The number of methoxy groups -OCH3 is 1. The van der Waals surface area contributed by atoms with E-state index < -0.39 is 29.0 Å². The topological polar surface area (TPSA) is 87.4 Å². The maximum atomic E-state index is 12.6. The molecule has 0 unspecified atom stereocenters. The van der Waals surface area contributed by atoms with Gasteiger partial charge in [0.2, 0.25) is 0 Å². The number of ether oxygens (including phenoxy) is 1. The van der Waals surface area contributed by atoms with Crippen molar-refractivity contribution in [3.05, 3.63) is 68.5 Å². The van der Waals surface area contributed by atoms with Gasteiger partial charge in [0.05, 0.1) is 19.1 Å². The number of aromatic nitrogens is 2. The van der Waals surface area contributed by atoms with E-state index in [0.29, 0.717) is 11.0 Å². The number of hydrogen-bond donors (Lipinski definition) is 0. The third-order valence-corrected chi connectivity index (χ3v) is 4.13. The van der Waals surface area contributed by atoms with E-state index in [1.165, 1.54) is 36.9 Å². The third kappa shape index (κ3) is 2.58. The first kappa shape index (κ1) is 15.9. The molecule has 2 atom stereocenters. The van der Waals surface area contributed by atoms with Crippen molar-refractivity contribution in [2.75, 3.05) is 7.11 Å². The van der Waals surface area contributed by atoms with Crippen molar-refractivity contribution in [2.45, 2.75) is 19.4 Å². The van der Waals surface area contributed by atoms with Crippen molar-refractivity contribution in [1.82, 2.24) is 9.13 Å². The zero-order valence-electron chi connectivity index (χ0n) is 13.3. The van der Waals surface area contributed by atoms with Gasteiger partial charge < -0.3 is 4.74 Å². The fraction of sp³-hybridized carbons (Fsp3) is 0.294. The summed E-state index contributed by atoms with van der Waals surface area (Å²) < 4.78 is 6.58. The molecule has 0 N–H and O–H groups in total. The van der Waals surface area contributed by atoms with Crippen molar-refractivity contribution < 1.29 is 14.3 Å². The first-order chi connectivity index (χ1) is 11.5. The summed E-state index contributed by atoms with van der Waals surface area (Å²) in [6.07, 6.45) is 1.84. The minimum atomic E-state index is -0.740. The molecular formula is C17H16N2O5. The fourth-order valence-corrected chi connectivity index (χ4v) is 2.72. The van der Waals surface area contributed by atoms with Crippen LogP contribution in [0.2, 0.25) is 0 Å². The molecule has 124 valence electrons. The predicted octanol–water partition coefficient (Wildman–Crippen LogP) is 0.741. The highest BCUT2D eigenvalue weighted by Gasteiger charge is 2.46. The van der Waals surface area contributed by atoms with Crippen LogP contribution in [0.5, 0.6) is 0 Å². The summed E-state index contributed by atoms with van der Waals surface area (Å²) in [5.41, 5.74) is -0.889. The van der Waals surface area contributed by atoms with Gasteiger partial charge >= 0.3 is 11.7 Å². The number of nitrogens with zero attached hydrogens (tertiary/aromatic N) is 2. The Bertz CT molecular complexity index is 926. The molecule has 1 aromatic heterocycles. The summed E-state index contributed by atoms with van der Waals surface area (Å²) in [5, 5.41) is 0. The number of aryl methyl sites for hydroxylation is 1. The minimum absolute atomic E-state index is 0.245. The Morgan fingerprint density at radius 1 is 1.17 bits per heavy atom. The van der Waals surface area contributed by atoms with Gasteiger partial charge in [-0.3, -0.25) is 19.0 Å². The van der Waals surface area contributed by atoms with Gasteiger partial charge in [0.1, 0.15) is 0 Å². The summed E-state index contributed by atoms with van der Waals surface area (Å²) in [6.45, 7) is 1.53. The van der Waals surface area contributed by atoms with Gasteiger partial charge in [-0.05, 0) is 25.5 Å². The van der Waals surface area contributed by atoms with Gasteiger partial charge in [-0.25, -0.2) is 4.79 Å². The highest BCUT2D eigenvalue weighted by Crippen LogP contribution is 2.43. The van der Waals surface area contributed by atoms with Crippen LogP contribution < -0.4 is 11.2 Å². The van der Waals surface area contributed by atoms with Gasteiger partial charge in [-0.15, -0.1) is 0 Å². The standard InChI is InChI=1S/C17H16N2O5/c1-10-9-18(13-8-12(13)16(22)24-2)17(23)19(14(10)20)15(21)11-6-4-3-5-7-11/h3-7,9,12-13H,8H2,1-2H3/t12-,13-/m1/s1. The van der Waals surface area contributed by atoms with E-state index in [-0.39, 0.29) is 17.2 Å². The molecule has 0 spiro atoms. The maximum Gasteiger partial charge on any atom is 0.338 e. The van der Waals surface area contributed by atoms with Crippen LogP contribution in [-0.2, 0) is 9.53 Å². The number of carbonyl (C=O) groups is 2. The smallest absolute Gasteiger partial charge is 0.338 e. The molecule has 1 aliphatic rings. The summed E-state index contributed by atoms with van der Waals surface area (Å²) in [6, 6.07) is 7.73. The molecule has 24 heavy (non-hydrogen) atoms. The molecule has 1 saturated carbocycles. The van der Waals surface area contributed by atoms with Gasteiger partial charge in [0, 0.05) is 17.3 Å². The van der Waals surface area contributed by atoms with E-state index in [4.69, 9.17) is 0 Å². The molecule has 1 aliphatic carbocycles. The van der Waals surface area contributed by atoms with Crippen LogP contribution in [0.4, 0.5) is 0 Å². The van der Waals surface area contributed by atoms with Crippen LogP contribution in [0.1, 0.15) is 28.4 Å². The zero-order chi connectivity index (χ0) is 17.4. The second-order valence-electron chi connectivity index (χ2n) is 5.75. The summed E-state index contributed by atoms with van der Waals surface area (Å²) in [5.74, 6) is -1.51. The first-order valence-electron chi connectivity index (χ1n) is 7.48. The van der Waals surface area contributed by atoms with Crippen molar-refractivity contribution in [1.29, 1.82) is 0 Å². The molecule has 0 saturated heterocycles. The Kier molecular flexibility index (Phi) is 3.92. The molecule has 0 radical (unpaired) electrons. The Morgan fingerprint density at radius 2 is 1.83 bits per heavy atom. The molecule has 0 aliphatic heterocycles. The normalized spacial score (nSPS) is 18.9. The van der Waals surface area contributed by atoms with Gasteiger partial charge in [-0.2, -0.15) is 4.57 Å². The van der Waals surface area contributed by atoms with Crippen molar-refractivity contribution in [3.8, 4) is 0 Å². The molecule has 0 bridgehead atoms. The minimum Gasteiger partial charge on any atom is -0.469 e. The lowest BCUT2D eigenvalue weighted by Gasteiger charge is -2.10. The second kappa shape index (κ2) is 5.92. The van der Waals surface area contributed by atoms with Gasteiger partial charge in [0.25, 0.3) is 11.5 Å². The SMILES string of the molecule is COC(=O)[C@@H]1C[C@H]1n1cc(C)c(=O)n(C(=O)c2ccccc2)c1=O. The molecular weight excluding hydrogens is 312 g/mol. The van der Waals surface area contributed by atoms with Crippen LogP contribution in [0.3, 0.4) is 0 Å². The van der Waals surface area contributed by atoms with Crippen LogP contribution >= 0.6 is 0 Å². The molecule has 1 heterocycles. The van der Waals surface area contributed by atoms with Crippen LogP contribution in [0.25, 0.3) is 0 Å². The second-order valence-corrected chi connectivity index (χ2v) is 5.75. The molecule has 0 amide bonds. The quantitative estimate of drug-likeness (QED) is 0.776. The highest BCUT2D eigenvalue weighted by molar-refractivity contribution is 5.95. The van der Waals surface area contributed by atoms with E-state index in [1.807, 2.05) is 0 Å². The lowest BCUT2D eigenvalue weighted by molar-refractivity contribution is -0.142. The summed E-state index contributed by atoms with van der Waals surface area (Å²) in [7, 11) is 1.28. The molecule has 2 aromatic rings. The molecule has 7 heteroatoms. The molecule has 7 nitrogen and oxygen atoms in total. The number of carbonyl (C=O) groups excluding carboxylic acids is 2. The van der Waals surface area contributed by atoms with Gasteiger partial charge in [0.15, 0.2) is 0 Å². The zero-order valence-corrected chi connectivity index (χ0v) is 13.3. The number of benzene rings is 1. The Balaban J connectivity index is 2.08. The average molecular weight is 328 g/mol. The summed E-state index contributed by atoms with van der Waals surface area (Å²) in [4.78, 5) is 49.1. The molecule has 1 aromatic carbocycles. The Hall–Kier alpha value is -2.96. The average Bonchev–Trinajstić information content (AvgIpc) is 3.38. The van der Waals surface area contributed by atoms with Crippen molar-refractivity contribution >= 4 is 11.9 Å². The van der Waals surface area contributed by atoms with Crippen LogP contribution in [0.15, 0.2) is 46.1 Å². The largest absolute Gasteiger partial charge is 0.469 e. The van der Waals surface area contributed by atoms with Crippen LogP contribution in [0, 0.1) is 12.8 Å². The van der Waals surface area contributed by atoms with E-state index in [9.17, 15) is 19.2 Å². The third-order valence-electron chi connectivity index (χ3n) is 4.13. The van der Waals surface area contributed by atoms with Gasteiger partial charge in [-0.1, -0.05) is 18.2 Å². The number of rotatable bonds is 3. The number of esters is 1.